The number of carbonyl (C=O) groups excluding carboxylic acids is 2. The van der Waals surface area contributed by atoms with Crippen molar-refractivity contribution in [3.05, 3.63) is 0 Å². The van der Waals surface area contributed by atoms with E-state index in [2.05, 4.69) is 20.9 Å². The van der Waals surface area contributed by atoms with Crippen LogP contribution in [0, 0.1) is 0 Å². The maximum Gasteiger partial charge on any atom is 0.242 e. The molecule has 0 aromatic heterocycles. The first-order valence-corrected chi connectivity index (χ1v) is 7.63. The average molecular weight is 298 g/mol. The van der Waals surface area contributed by atoms with Crippen LogP contribution in [0.4, 0.5) is 0 Å². The Kier molecular flexibility index (Phi) is 5.75. The van der Waals surface area contributed by atoms with Gasteiger partial charge in [0, 0.05) is 31.7 Å². The molecule has 122 valence electrons. The Balaban J connectivity index is 2.60. The molecule has 1 atom stereocenters. The molecular formula is C15H30N4O2. The zero-order chi connectivity index (χ0) is 16.3. The van der Waals surface area contributed by atoms with Gasteiger partial charge in [0.1, 0.15) is 6.04 Å². The first kappa shape index (κ1) is 17.9. The van der Waals surface area contributed by atoms with E-state index in [9.17, 15) is 9.59 Å². The van der Waals surface area contributed by atoms with Crippen LogP contribution in [0.1, 0.15) is 41.5 Å². The van der Waals surface area contributed by atoms with Gasteiger partial charge in [-0.05, 0) is 41.5 Å². The van der Waals surface area contributed by atoms with Crippen LogP contribution in [0.2, 0.25) is 0 Å². The number of nitrogens with zero attached hydrogens (tertiary/aromatic N) is 1. The maximum absolute atomic E-state index is 12.5. The molecule has 0 aromatic rings. The van der Waals surface area contributed by atoms with Crippen LogP contribution < -0.4 is 16.0 Å². The first-order chi connectivity index (χ1) is 9.54. The molecule has 3 N–H and O–H groups in total. The summed E-state index contributed by atoms with van der Waals surface area (Å²) in [6.45, 7) is 14.7. The van der Waals surface area contributed by atoms with Crippen molar-refractivity contribution in [1.82, 2.24) is 20.9 Å². The van der Waals surface area contributed by atoms with Crippen LogP contribution in [-0.4, -0.2) is 60.0 Å². The third-order valence-corrected chi connectivity index (χ3v) is 3.70. The van der Waals surface area contributed by atoms with Crippen molar-refractivity contribution in [2.45, 2.75) is 58.7 Å². The van der Waals surface area contributed by atoms with Gasteiger partial charge in [-0.2, -0.15) is 0 Å². The first-order valence-electron chi connectivity index (χ1n) is 7.63. The van der Waals surface area contributed by atoms with Gasteiger partial charge >= 0.3 is 0 Å². The summed E-state index contributed by atoms with van der Waals surface area (Å²) in [7, 11) is 0. The molecule has 0 bridgehead atoms. The minimum Gasteiger partial charge on any atom is -0.350 e. The molecule has 1 heterocycles. The highest BCUT2D eigenvalue weighted by molar-refractivity contribution is 5.91. The molecule has 1 fully saturated rings. The van der Waals surface area contributed by atoms with Crippen LogP contribution in [0.15, 0.2) is 0 Å². The topological polar surface area (TPSA) is 73.5 Å². The van der Waals surface area contributed by atoms with Gasteiger partial charge in [0.05, 0.1) is 5.54 Å². The molecule has 0 saturated carbocycles. The number of piperazine rings is 1. The molecule has 1 aliphatic heterocycles. The van der Waals surface area contributed by atoms with Crippen molar-refractivity contribution in [2.24, 2.45) is 0 Å². The predicted molar refractivity (Wildman–Crippen MR) is 84.0 cm³/mol. The van der Waals surface area contributed by atoms with Crippen LogP contribution in [-0.2, 0) is 9.59 Å². The molecule has 6 nitrogen and oxygen atoms in total. The normalized spacial score (nSPS) is 19.0. The summed E-state index contributed by atoms with van der Waals surface area (Å²) < 4.78 is 0. The van der Waals surface area contributed by atoms with E-state index in [1.165, 1.54) is 0 Å². The smallest absolute Gasteiger partial charge is 0.242 e. The lowest BCUT2D eigenvalue weighted by Crippen LogP contribution is -2.62. The lowest BCUT2D eigenvalue weighted by Gasteiger charge is -2.40. The van der Waals surface area contributed by atoms with Gasteiger partial charge < -0.3 is 16.0 Å². The number of amides is 2. The molecule has 0 aliphatic carbocycles. The summed E-state index contributed by atoms with van der Waals surface area (Å²) in [6.07, 6.45) is 0. The van der Waals surface area contributed by atoms with E-state index in [1.807, 2.05) is 34.6 Å². The van der Waals surface area contributed by atoms with E-state index in [0.717, 1.165) is 26.2 Å². The highest BCUT2D eigenvalue weighted by Gasteiger charge is 2.36. The second-order valence-corrected chi connectivity index (χ2v) is 7.23. The van der Waals surface area contributed by atoms with E-state index in [4.69, 9.17) is 0 Å². The zero-order valence-corrected chi connectivity index (χ0v) is 14.2. The summed E-state index contributed by atoms with van der Waals surface area (Å²) >= 11 is 0. The monoisotopic (exact) mass is 298 g/mol. The summed E-state index contributed by atoms with van der Waals surface area (Å²) in [5.74, 6) is -0.270. The van der Waals surface area contributed by atoms with Gasteiger partial charge in [-0.1, -0.05) is 0 Å². The van der Waals surface area contributed by atoms with E-state index in [-0.39, 0.29) is 17.4 Å². The maximum atomic E-state index is 12.5. The molecule has 21 heavy (non-hydrogen) atoms. The van der Waals surface area contributed by atoms with Crippen LogP contribution >= 0.6 is 0 Å². The highest BCUT2D eigenvalue weighted by atomic mass is 16.2. The van der Waals surface area contributed by atoms with Gasteiger partial charge in [-0.25, -0.2) is 0 Å². The fourth-order valence-electron chi connectivity index (χ4n) is 2.28. The van der Waals surface area contributed by atoms with E-state index in [1.54, 1.807) is 6.92 Å². The molecule has 0 aromatic carbocycles. The Morgan fingerprint density at radius 2 is 1.62 bits per heavy atom. The van der Waals surface area contributed by atoms with Crippen molar-refractivity contribution in [3.63, 3.8) is 0 Å². The Bertz CT molecular complexity index is 382. The zero-order valence-electron chi connectivity index (χ0n) is 14.2. The standard InChI is InChI=1S/C15H30N4O2/c1-11(12(20)18-14(2,3)4)17-13(21)15(5,6)19-9-7-16-8-10-19/h11,16H,7-10H2,1-6H3,(H,17,21)(H,18,20). The lowest BCUT2D eigenvalue weighted by atomic mass is 9.99. The van der Waals surface area contributed by atoms with Gasteiger partial charge in [-0.3, -0.25) is 14.5 Å². The Morgan fingerprint density at radius 1 is 1.10 bits per heavy atom. The number of rotatable bonds is 4. The van der Waals surface area contributed by atoms with E-state index < -0.39 is 11.6 Å². The fraction of sp³-hybridized carbons (Fsp3) is 0.867. The Labute approximate surface area is 128 Å². The molecule has 0 spiro atoms. The van der Waals surface area contributed by atoms with E-state index >= 15 is 0 Å². The number of hydrogen-bond acceptors (Lipinski definition) is 4. The molecule has 1 rings (SSSR count). The summed E-state index contributed by atoms with van der Waals surface area (Å²) in [4.78, 5) is 26.7. The van der Waals surface area contributed by atoms with E-state index in [0.29, 0.717) is 0 Å². The summed E-state index contributed by atoms with van der Waals surface area (Å²) in [6, 6.07) is -0.543. The second kappa shape index (κ2) is 6.75. The molecule has 6 heteroatoms. The molecule has 0 radical (unpaired) electrons. The lowest BCUT2D eigenvalue weighted by molar-refractivity contribution is -0.136. The van der Waals surface area contributed by atoms with Crippen molar-refractivity contribution in [2.75, 3.05) is 26.2 Å². The van der Waals surface area contributed by atoms with Crippen molar-refractivity contribution >= 4 is 11.8 Å². The number of hydrogen-bond donors (Lipinski definition) is 3. The average Bonchev–Trinajstić information content (AvgIpc) is 2.37. The van der Waals surface area contributed by atoms with Crippen LogP contribution in [0.3, 0.4) is 0 Å². The molecule has 1 saturated heterocycles. The largest absolute Gasteiger partial charge is 0.350 e. The summed E-state index contributed by atoms with van der Waals surface area (Å²) in [5, 5.41) is 8.98. The Morgan fingerprint density at radius 3 is 2.10 bits per heavy atom. The molecule has 2 amide bonds. The minimum absolute atomic E-state index is 0.110. The van der Waals surface area contributed by atoms with Crippen LogP contribution in [0.25, 0.3) is 0 Å². The number of carbonyl (C=O) groups is 2. The van der Waals surface area contributed by atoms with Gasteiger partial charge in [-0.15, -0.1) is 0 Å². The number of nitrogens with one attached hydrogen (secondary N) is 3. The quantitative estimate of drug-likeness (QED) is 0.688. The predicted octanol–water partition coefficient (Wildman–Crippen LogP) is 0.0896. The second-order valence-electron chi connectivity index (χ2n) is 7.23. The summed E-state index contributed by atoms with van der Waals surface area (Å²) in [5.41, 5.74) is -0.914. The third-order valence-electron chi connectivity index (χ3n) is 3.70. The Hall–Kier alpha value is -1.14. The molecule has 1 aliphatic rings. The molecular weight excluding hydrogens is 268 g/mol. The highest BCUT2D eigenvalue weighted by Crippen LogP contribution is 2.15. The third kappa shape index (κ3) is 5.28. The van der Waals surface area contributed by atoms with Crippen molar-refractivity contribution < 1.29 is 9.59 Å². The van der Waals surface area contributed by atoms with Gasteiger partial charge in [0.2, 0.25) is 11.8 Å². The van der Waals surface area contributed by atoms with Gasteiger partial charge in [0.25, 0.3) is 0 Å². The van der Waals surface area contributed by atoms with Crippen molar-refractivity contribution in [1.29, 1.82) is 0 Å². The SMILES string of the molecule is CC(NC(=O)C(C)(C)N1CCNCC1)C(=O)NC(C)(C)C. The molecule has 1 unspecified atom stereocenters. The minimum atomic E-state index is -0.613. The fourth-order valence-corrected chi connectivity index (χ4v) is 2.28. The van der Waals surface area contributed by atoms with Crippen molar-refractivity contribution in [3.8, 4) is 0 Å². The van der Waals surface area contributed by atoms with Gasteiger partial charge in [0.15, 0.2) is 0 Å². The van der Waals surface area contributed by atoms with Crippen LogP contribution in [0.5, 0.6) is 0 Å².